The molecule has 0 spiro atoms. The normalized spacial score (nSPS) is 11.8. The highest BCUT2D eigenvalue weighted by Gasteiger charge is 2.21. The van der Waals surface area contributed by atoms with Crippen LogP contribution in [0.25, 0.3) is 0 Å². The van der Waals surface area contributed by atoms with E-state index >= 15 is 0 Å². The Labute approximate surface area is 200 Å². The summed E-state index contributed by atoms with van der Waals surface area (Å²) in [5, 5.41) is 15.6. The molecule has 1 heterocycles. The van der Waals surface area contributed by atoms with Crippen molar-refractivity contribution in [2.24, 2.45) is 0 Å². The highest BCUT2D eigenvalue weighted by atomic mass is 35.5. The molecule has 3 rings (SSSR count). The van der Waals surface area contributed by atoms with Gasteiger partial charge in [0.05, 0.1) is 22.4 Å². The molecule has 2 N–H and O–H groups in total. The maximum atomic E-state index is 12.6. The highest BCUT2D eigenvalue weighted by molar-refractivity contribution is 7.99. The minimum atomic E-state index is -0.414. The lowest BCUT2D eigenvalue weighted by molar-refractivity contribution is -0.118. The van der Waals surface area contributed by atoms with E-state index in [-0.39, 0.29) is 22.6 Å². The second-order valence-electron chi connectivity index (χ2n) is 6.96. The third-order valence-corrected chi connectivity index (χ3v) is 6.15. The summed E-state index contributed by atoms with van der Waals surface area (Å²) < 4.78 is 1.88. The van der Waals surface area contributed by atoms with Gasteiger partial charge in [-0.05, 0) is 37.6 Å². The van der Waals surface area contributed by atoms with E-state index in [0.29, 0.717) is 34.7 Å². The summed E-state index contributed by atoms with van der Waals surface area (Å²) in [6.07, 6.45) is 0. The van der Waals surface area contributed by atoms with Crippen LogP contribution in [0.4, 0.5) is 0 Å². The lowest BCUT2D eigenvalue weighted by Crippen LogP contribution is -2.29. The lowest BCUT2D eigenvalue weighted by Gasteiger charge is -2.15. The second kappa shape index (κ2) is 11.4. The monoisotopic (exact) mass is 491 g/mol. The smallest absolute Gasteiger partial charge is 0.253 e. The van der Waals surface area contributed by atoms with Gasteiger partial charge in [-0.2, -0.15) is 0 Å². The van der Waals surface area contributed by atoms with Gasteiger partial charge in [0.15, 0.2) is 11.0 Å². The van der Waals surface area contributed by atoms with E-state index in [1.165, 1.54) is 17.8 Å². The SMILES string of the molecule is CCn1c(SCC(=O)NCc2ccccc2)nnc1[C@H](C)NC(=O)c1ccc(Cl)cc1Cl. The van der Waals surface area contributed by atoms with Crippen LogP contribution in [0.3, 0.4) is 0 Å². The summed E-state index contributed by atoms with van der Waals surface area (Å²) in [4.78, 5) is 24.8. The minimum absolute atomic E-state index is 0.0928. The number of hydrogen-bond acceptors (Lipinski definition) is 5. The standard InChI is InChI=1S/C22H23Cl2N5O2S/c1-3-29-20(14(2)26-21(31)17-10-9-16(23)11-18(17)24)27-28-22(29)32-13-19(30)25-12-15-7-5-4-6-8-15/h4-11,14H,3,12-13H2,1-2H3,(H,25,30)(H,26,31)/t14-/m0/s1. The molecule has 168 valence electrons. The molecule has 0 aliphatic rings. The predicted molar refractivity (Wildman–Crippen MR) is 127 cm³/mol. The molecule has 7 nitrogen and oxygen atoms in total. The molecule has 0 aliphatic carbocycles. The fraction of sp³-hybridized carbons (Fsp3) is 0.273. The molecule has 2 amide bonds. The fourth-order valence-corrected chi connectivity index (χ4v) is 4.35. The van der Waals surface area contributed by atoms with Crippen molar-refractivity contribution >= 4 is 46.8 Å². The Bertz CT molecular complexity index is 1090. The first-order valence-electron chi connectivity index (χ1n) is 10.0. The quantitative estimate of drug-likeness (QED) is 0.430. The Morgan fingerprint density at radius 3 is 2.56 bits per heavy atom. The number of thioether (sulfide) groups is 1. The zero-order valence-corrected chi connectivity index (χ0v) is 20.0. The molecule has 0 saturated heterocycles. The Morgan fingerprint density at radius 2 is 1.88 bits per heavy atom. The summed E-state index contributed by atoms with van der Waals surface area (Å²) >= 11 is 13.3. The molecule has 1 atom stereocenters. The van der Waals surface area contributed by atoms with Gasteiger partial charge in [-0.15, -0.1) is 10.2 Å². The number of carbonyl (C=O) groups excluding carboxylic acids is 2. The molecule has 10 heteroatoms. The molecule has 0 radical (unpaired) electrons. The van der Waals surface area contributed by atoms with Gasteiger partial charge in [-0.25, -0.2) is 0 Å². The first kappa shape index (κ1) is 24.1. The van der Waals surface area contributed by atoms with Gasteiger partial charge in [-0.3, -0.25) is 9.59 Å². The number of aromatic nitrogens is 3. The van der Waals surface area contributed by atoms with Crippen molar-refractivity contribution in [2.75, 3.05) is 5.75 Å². The summed E-state index contributed by atoms with van der Waals surface area (Å²) in [6.45, 7) is 4.84. The van der Waals surface area contributed by atoms with Crippen LogP contribution in [0.15, 0.2) is 53.7 Å². The molecule has 0 saturated carbocycles. The molecular formula is C22H23Cl2N5O2S. The molecular weight excluding hydrogens is 469 g/mol. The van der Waals surface area contributed by atoms with Gasteiger partial charge in [0.25, 0.3) is 5.91 Å². The summed E-state index contributed by atoms with van der Waals surface area (Å²) in [5.74, 6) is 0.383. The van der Waals surface area contributed by atoms with Gasteiger partial charge >= 0.3 is 0 Å². The van der Waals surface area contributed by atoms with Crippen molar-refractivity contribution in [3.05, 3.63) is 75.5 Å². The highest BCUT2D eigenvalue weighted by Crippen LogP contribution is 2.23. The summed E-state index contributed by atoms with van der Waals surface area (Å²) in [7, 11) is 0. The predicted octanol–water partition coefficient (Wildman–Crippen LogP) is 4.50. The van der Waals surface area contributed by atoms with E-state index in [2.05, 4.69) is 20.8 Å². The van der Waals surface area contributed by atoms with Crippen molar-refractivity contribution < 1.29 is 9.59 Å². The molecule has 0 bridgehead atoms. The van der Waals surface area contributed by atoms with E-state index < -0.39 is 6.04 Å². The van der Waals surface area contributed by atoms with Gasteiger partial charge < -0.3 is 15.2 Å². The maximum absolute atomic E-state index is 12.6. The maximum Gasteiger partial charge on any atom is 0.253 e. The topological polar surface area (TPSA) is 88.9 Å². The Hall–Kier alpha value is -2.55. The van der Waals surface area contributed by atoms with E-state index in [1.807, 2.05) is 48.7 Å². The molecule has 0 unspecified atom stereocenters. The van der Waals surface area contributed by atoms with E-state index in [9.17, 15) is 9.59 Å². The number of benzene rings is 2. The number of nitrogens with one attached hydrogen (secondary N) is 2. The van der Waals surface area contributed by atoms with E-state index in [0.717, 1.165) is 5.56 Å². The Morgan fingerprint density at radius 1 is 1.12 bits per heavy atom. The Kier molecular flexibility index (Phi) is 8.55. The molecule has 3 aromatic rings. The number of halogens is 2. The van der Waals surface area contributed by atoms with Gasteiger partial charge in [0.1, 0.15) is 0 Å². The second-order valence-corrected chi connectivity index (χ2v) is 8.74. The van der Waals surface area contributed by atoms with Crippen LogP contribution >= 0.6 is 35.0 Å². The van der Waals surface area contributed by atoms with E-state index in [4.69, 9.17) is 23.2 Å². The van der Waals surface area contributed by atoms with Crippen molar-refractivity contribution in [2.45, 2.75) is 38.1 Å². The number of nitrogens with zero attached hydrogens (tertiary/aromatic N) is 3. The summed E-state index contributed by atoms with van der Waals surface area (Å²) in [6, 6.07) is 14.0. The lowest BCUT2D eigenvalue weighted by atomic mass is 10.2. The first-order valence-corrected chi connectivity index (χ1v) is 11.8. The molecule has 1 aromatic heterocycles. The van der Waals surface area contributed by atoms with Crippen molar-refractivity contribution in [1.29, 1.82) is 0 Å². The van der Waals surface area contributed by atoms with Crippen LogP contribution in [0.2, 0.25) is 10.0 Å². The fourth-order valence-electron chi connectivity index (χ4n) is 3.01. The molecule has 0 fully saturated rings. The Balaban J connectivity index is 1.59. The van der Waals surface area contributed by atoms with Crippen LogP contribution < -0.4 is 10.6 Å². The van der Waals surface area contributed by atoms with Crippen molar-refractivity contribution in [3.63, 3.8) is 0 Å². The van der Waals surface area contributed by atoms with Crippen LogP contribution in [-0.4, -0.2) is 32.3 Å². The van der Waals surface area contributed by atoms with Crippen LogP contribution in [0.1, 0.15) is 41.6 Å². The van der Waals surface area contributed by atoms with E-state index in [1.54, 1.807) is 12.1 Å². The third-order valence-electron chi connectivity index (χ3n) is 4.64. The number of carbonyl (C=O) groups is 2. The zero-order chi connectivity index (χ0) is 23.1. The number of hydrogen-bond donors (Lipinski definition) is 2. The van der Waals surface area contributed by atoms with Crippen molar-refractivity contribution in [1.82, 2.24) is 25.4 Å². The molecule has 0 aliphatic heterocycles. The van der Waals surface area contributed by atoms with Crippen LogP contribution in [-0.2, 0) is 17.9 Å². The van der Waals surface area contributed by atoms with Crippen molar-refractivity contribution in [3.8, 4) is 0 Å². The average Bonchev–Trinajstić information content (AvgIpc) is 3.20. The van der Waals surface area contributed by atoms with Crippen LogP contribution in [0, 0.1) is 0 Å². The third kappa shape index (κ3) is 6.25. The minimum Gasteiger partial charge on any atom is -0.351 e. The zero-order valence-electron chi connectivity index (χ0n) is 17.6. The van der Waals surface area contributed by atoms with Gasteiger partial charge in [-0.1, -0.05) is 65.3 Å². The van der Waals surface area contributed by atoms with Gasteiger partial charge in [0, 0.05) is 18.1 Å². The molecule has 32 heavy (non-hydrogen) atoms. The van der Waals surface area contributed by atoms with Gasteiger partial charge in [0.2, 0.25) is 5.91 Å². The first-order chi connectivity index (χ1) is 15.4. The summed E-state index contributed by atoms with van der Waals surface area (Å²) in [5.41, 5.74) is 1.37. The number of rotatable bonds is 9. The molecule has 2 aromatic carbocycles. The van der Waals surface area contributed by atoms with Crippen LogP contribution in [0.5, 0.6) is 0 Å². The largest absolute Gasteiger partial charge is 0.351 e. The number of amides is 2. The average molecular weight is 492 g/mol.